The standard InChI is InChI=1S/C19H28ClNO3S/c1-3-7-15(8-4-2)19(22)21-12-11-18(25(23,24)14-13-21)16-9-5-6-10-17(16)20/h5-6,9-10,15,18H,3-4,7-8,11-14H2,1-2H3. The van der Waals surface area contributed by atoms with Gasteiger partial charge in [0.05, 0.1) is 11.0 Å². The molecular formula is C19H28ClNO3S. The predicted octanol–water partition coefficient (Wildman–Crippen LogP) is 4.24. The van der Waals surface area contributed by atoms with Gasteiger partial charge >= 0.3 is 0 Å². The van der Waals surface area contributed by atoms with Crippen LogP contribution in [0.3, 0.4) is 0 Å². The first-order valence-electron chi connectivity index (χ1n) is 9.15. The van der Waals surface area contributed by atoms with E-state index in [1.165, 1.54) is 0 Å². The van der Waals surface area contributed by atoms with Crippen molar-refractivity contribution in [1.82, 2.24) is 4.90 Å². The van der Waals surface area contributed by atoms with Gasteiger partial charge in [0.25, 0.3) is 0 Å². The van der Waals surface area contributed by atoms with E-state index < -0.39 is 15.1 Å². The lowest BCUT2D eigenvalue weighted by atomic mass is 9.96. The van der Waals surface area contributed by atoms with Gasteiger partial charge in [-0.2, -0.15) is 0 Å². The van der Waals surface area contributed by atoms with Crippen molar-refractivity contribution in [3.05, 3.63) is 34.9 Å². The highest BCUT2D eigenvalue weighted by molar-refractivity contribution is 7.91. The second kappa shape index (κ2) is 9.04. The molecule has 1 aliphatic heterocycles. The predicted molar refractivity (Wildman–Crippen MR) is 102 cm³/mol. The first-order valence-corrected chi connectivity index (χ1v) is 11.2. The minimum Gasteiger partial charge on any atom is -0.341 e. The summed E-state index contributed by atoms with van der Waals surface area (Å²) in [5, 5.41) is -0.152. The number of nitrogens with zero attached hydrogens (tertiary/aromatic N) is 1. The van der Waals surface area contributed by atoms with Crippen LogP contribution in [0.2, 0.25) is 5.02 Å². The molecule has 1 aromatic carbocycles. The fraction of sp³-hybridized carbons (Fsp3) is 0.632. The maximum absolute atomic E-state index is 12.9. The van der Waals surface area contributed by atoms with Crippen LogP contribution in [0.4, 0.5) is 0 Å². The molecule has 0 N–H and O–H groups in total. The molecule has 2 rings (SSSR count). The highest BCUT2D eigenvalue weighted by Crippen LogP contribution is 2.34. The average molecular weight is 386 g/mol. The third-order valence-electron chi connectivity index (χ3n) is 4.93. The third kappa shape index (κ3) is 4.98. The molecule has 4 nitrogen and oxygen atoms in total. The molecule has 6 heteroatoms. The summed E-state index contributed by atoms with van der Waals surface area (Å²) < 4.78 is 25.5. The summed E-state index contributed by atoms with van der Waals surface area (Å²) in [5.41, 5.74) is 0.650. The van der Waals surface area contributed by atoms with Gasteiger partial charge in [0.2, 0.25) is 5.91 Å². The summed E-state index contributed by atoms with van der Waals surface area (Å²) in [6.07, 6.45) is 4.06. The van der Waals surface area contributed by atoms with E-state index >= 15 is 0 Å². The molecule has 1 saturated heterocycles. The number of rotatable bonds is 6. The van der Waals surface area contributed by atoms with Crippen molar-refractivity contribution in [1.29, 1.82) is 0 Å². The van der Waals surface area contributed by atoms with Crippen molar-refractivity contribution >= 4 is 27.3 Å². The average Bonchev–Trinajstić information content (AvgIpc) is 2.73. The second-order valence-electron chi connectivity index (χ2n) is 6.77. The molecule has 1 aliphatic rings. The zero-order chi connectivity index (χ0) is 18.4. The van der Waals surface area contributed by atoms with Gasteiger partial charge in [0, 0.05) is 24.0 Å². The number of sulfone groups is 1. The Kier molecular flexibility index (Phi) is 7.32. The number of amides is 1. The minimum absolute atomic E-state index is 0.000397. The maximum Gasteiger partial charge on any atom is 0.225 e. The summed E-state index contributed by atoms with van der Waals surface area (Å²) in [6, 6.07) is 7.10. The van der Waals surface area contributed by atoms with Crippen molar-refractivity contribution in [3.63, 3.8) is 0 Å². The first kappa shape index (κ1) is 20.2. The van der Waals surface area contributed by atoms with Crippen LogP contribution in [0.15, 0.2) is 24.3 Å². The van der Waals surface area contributed by atoms with Crippen molar-refractivity contribution in [3.8, 4) is 0 Å². The number of halogens is 1. The van der Waals surface area contributed by atoms with Crippen molar-refractivity contribution in [2.75, 3.05) is 18.8 Å². The van der Waals surface area contributed by atoms with Gasteiger partial charge in [0.1, 0.15) is 0 Å². The van der Waals surface area contributed by atoms with E-state index in [-0.39, 0.29) is 24.1 Å². The lowest BCUT2D eigenvalue weighted by Crippen LogP contribution is -2.38. The van der Waals surface area contributed by atoms with E-state index in [9.17, 15) is 13.2 Å². The summed E-state index contributed by atoms with van der Waals surface area (Å²) >= 11 is 6.23. The summed E-state index contributed by atoms with van der Waals surface area (Å²) in [6.45, 7) is 4.91. The first-order chi connectivity index (χ1) is 11.9. The molecule has 1 atom stereocenters. The summed E-state index contributed by atoms with van der Waals surface area (Å²) in [7, 11) is -3.33. The van der Waals surface area contributed by atoms with E-state index in [4.69, 9.17) is 11.6 Å². The summed E-state index contributed by atoms with van der Waals surface area (Å²) in [4.78, 5) is 14.6. The minimum atomic E-state index is -3.33. The van der Waals surface area contributed by atoms with Gasteiger partial charge in [-0.25, -0.2) is 8.42 Å². The summed E-state index contributed by atoms with van der Waals surface area (Å²) in [5.74, 6) is 0.118. The Balaban J connectivity index is 2.19. The van der Waals surface area contributed by atoms with Crippen molar-refractivity contribution < 1.29 is 13.2 Å². The monoisotopic (exact) mass is 385 g/mol. The van der Waals surface area contributed by atoms with E-state index in [0.29, 0.717) is 23.6 Å². The van der Waals surface area contributed by atoms with Crippen LogP contribution in [0.5, 0.6) is 0 Å². The van der Waals surface area contributed by atoms with Crippen molar-refractivity contribution in [2.45, 2.75) is 51.2 Å². The lowest BCUT2D eigenvalue weighted by Gasteiger charge is -2.25. The van der Waals surface area contributed by atoms with Crippen LogP contribution in [-0.2, 0) is 14.6 Å². The number of carbonyl (C=O) groups excluding carboxylic acids is 1. The topological polar surface area (TPSA) is 54.5 Å². The van der Waals surface area contributed by atoms with Crippen molar-refractivity contribution in [2.24, 2.45) is 5.92 Å². The molecule has 0 bridgehead atoms. The Hall–Kier alpha value is -1.07. The molecule has 1 heterocycles. The molecule has 0 aliphatic carbocycles. The van der Waals surface area contributed by atoms with Crippen LogP contribution in [0, 0.1) is 5.92 Å². The highest BCUT2D eigenvalue weighted by atomic mass is 35.5. The normalized spacial score (nSPS) is 20.5. The van der Waals surface area contributed by atoms with Gasteiger partial charge in [-0.05, 0) is 30.9 Å². The highest BCUT2D eigenvalue weighted by Gasteiger charge is 2.34. The van der Waals surface area contributed by atoms with Gasteiger partial charge in [-0.3, -0.25) is 4.79 Å². The van der Waals surface area contributed by atoms with E-state index in [2.05, 4.69) is 13.8 Å². The quantitative estimate of drug-likeness (QED) is 0.735. The SMILES string of the molecule is CCCC(CCC)C(=O)N1CCC(c2ccccc2Cl)S(=O)(=O)CC1. The molecule has 140 valence electrons. The second-order valence-corrected chi connectivity index (χ2v) is 9.48. The van der Waals surface area contributed by atoms with Crippen LogP contribution < -0.4 is 0 Å². The fourth-order valence-corrected chi connectivity index (χ4v) is 5.74. The Bertz CT molecular complexity index is 684. The fourth-order valence-electron chi connectivity index (χ4n) is 3.60. The van der Waals surface area contributed by atoms with Crippen LogP contribution in [0.1, 0.15) is 56.8 Å². The Morgan fingerprint density at radius 3 is 2.44 bits per heavy atom. The third-order valence-corrected chi connectivity index (χ3v) is 7.38. The number of carbonyl (C=O) groups is 1. The van der Waals surface area contributed by atoms with E-state index in [1.54, 1.807) is 23.1 Å². The Morgan fingerprint density at radius 1 is 1.20 bits per heavy atom. The molecule has 0 saturated carbocycles. The van der Waals surface area contributed by atoms with Crippen LogP contribution in [0.25, 0.3) is 0 Å². The molecule has 1 unspecified atom stereocenters. The lowest BCUT2D eigenvalue weighted by molar-refractivity contribution is -0.135. The molecule has 0 radical (unpaired) electrons. The zero-order valence-electron chi connectivity index (χ0n) is 15.1. The largest absolute Gasteiger partial charge is 0.341 e. The smallest absolute Gasteiger partial charge is 0.225 e. The number of hydrogen-bond donors (Lipinski definition) is 0. The molecule has 1 amide bonds. The van der Waals surface area contributed by atoms with Gasteiger partial charge in [-0.15, -0.1) is 0 Å². The molecule has 0 spiro atoms. The van der Waals surface area contributed by atoms with Crippen LogP contribution >= 0.6 is 11.6 Å². The van der Waals surface area contributed by atoms with Gasteiger partial charge < -0.3 is 4.90 Å². The van der Waals surface area contributed by atoms with Crippen LogP contribution in [-0.4, -0.2) is 38.1 Å². The number of hydrogen-bond acceptors (Lipinski definition) is 3. The molecule has 25 heavy (non-hydrogen) atoms. The van der Waals surface area contributed by atoms with Gasteiger partial charge in [0.15, 0.2) is 9.84 Å². The molecular weight excluding hydrogens is 358 g/mol. The number of benzene rings is 1. The Labute approximate surface area is 156 Å². The molecule has 1 fully saturated rings. The maximum atomic E-state index is 12.9. The molecule has 0 aromatic heterocycles. The molecule has 1 aromatic rings. The zero-order valence-corrected chi connectivity index (χ0v) is 16.7. The van der Waals surface area contributed by atoms with Gasteiger partial charge in [-0.1, -0.05) is 56.5 Å². The Morgan fingerprint density at radius 2 is 1.84 bits per heavy atom. The van der Waals surface area contributed by atoms with E-state index in [0.717, 1.165) is 25.7 Å². The van der Waals surface area contributed by atoms with E-state index in [1.807, 2.05) is 6.07 Å².